The number of carbonyl (C=O) groups excluding carboxylic acids is 1. The predicted molar refractivity (Wildman–Crippen MR) is 121 cm³/mol. The third kappa shape index (κ3) is 5.79. The van der Waals surface area contributed by atoms with E-state index >= 15 is 0 Å². The van der Waals surface area contributed by atoms with Gasteiger partial charge < -0.3 is 25.2 Å². The van der Waals surface area contributed by atoms with E-state index in [-0.39, 0.29) is 12.5 Å². The number of rotatable bonds is 6. The number of para-hydroxylation sites is 1. The highest BCUT2D eigenvalue weighted by molar-refractivity contribution is 6.30. The number of anilines is 1. The van der Waals surface area contributed by atoms with Gasteiger partial charge in [-0.15, -0.1) is 0 Å². The van der Waals surface area contributed by atoms with E-state index in [4.69, 9.17) is 16.3 Å². The summed E-state index contributed by atoms with van der Waals surface area (Å²) in [5, 5.41) is 7.05. The summed E-state index contributed by atoms with van der Waals surface area (Å²) in [5.74, 6) is 1.45. The average Bonchev–Trinajstić information content (AvgIpc) is 2.80. The molecule has 0 aromatic heterocycles. The van der Waals surface area contributed by atoms with Crippen molar-refractivity contribution < 1.29 is 9.53 Å². The van der Waals surface area contributed by atoms with E-state index in [1.165, 1.54) is 0 Å². The molecule has 0 atom stereocenters. The van der Waals surface area contributed by atoms with Gasteiger partial charge in [-0.25, -0.2) is 0 Å². The molecule has 1 aliphatic heterocycles. The van der Waals surface area contributed by atoms with E-state index in [9.17, 15) is 4.79 Å². The van der Waals surface area contributed by atoms with Gasteiger partial charge in [-0.3, -0.25) is 9.79 Å². The minimum atomic E-state index is 0.0611. The quantitative estimate of drug-likeness (QED) is 0.545. The van der Waals surface area contributed by atoms with Crippen LogP contribution in [0.15, 0.2) is 53.5 Å². The van der Waals surface area contributed by atoms with Crippen LogP contribution in [0.4, 0.5) is 5.69 Å². The normalized spacial score (nSPS) is 14.4. The maximum absolute atomic E-state index is 12.6. The second kappa shape index (κ2) is 10.7. The number of halogens is 1. The lowest BCUT2D eigenvalue weighted by Gasteiger charge is -2.36. The highest BCUT2D eigenvalue weighted by atomic mass is 35.5. The van der Waals surface area contributed by atoms with Crippen molar-refractivity contribution >= 4 is 29.2 Å². The lowest BCUT2D eigenvalue weighted by atomic mass is 10.2. The van der Waals surface area contributed by atoms with Crippen LogP contribution in [0.5, 0.6) is 5.75 Å². The minimum Gasteiger partial charge on any atom is -0.496 e. The largest absolute Gasteiger partial charge is 0.496 e. The Morgan fingerprint density at radius 2 is 1.77 bits per heavy atom. The summed E-state index contributed by atoms with van der Waals surface area (Å²) < 4.78 is 5.36. The summed E-state index contributed by atoms with van der Waals surface area (Å²) in [5.41, 5.74) is 2.15. The van der Waals surface area contributed by atoms with Crippen LogP contribution >= 0.6 is 11.6 Å². The Balaban J connectivity index is 1.43. The number of nitrogens with zero attached hydrogens (tertiary/aromatic N) is 3. The average molecular weight is 430 g/mol. The molecule has 1 fully saturated rings. The molecule has 0 saturated carbocycles. The lowest BCUT2D eigenvalue weighted by Crippen LogP contribution is -2.52. The highest BCUT2D eigenvalue weighted by Crippen LogP contribution is 2.19. The first-order chi connectivity index (χ1) is 14.6. The zero-order valence-corrected chi connectivity index (χ0v) is 18.2. The van der Waals surface area contributed by atoms with Gasteiger partial charge in [0, 0.05) is 56.0 Å². The van der Waals surface area contributed by atoms with Crippen LogP contribution in [-0.4, -0.2) is 63.6 Å². The molecule has 2 aromatic rings. The number of amides is 1. The van der Waals surface area contributed by atoms with E-state index < -0.39 is 0 Å². The van der Waals surface area contributed by atoms with Crippen LogP contribution in [0, 0.1) is 0 Å². The van der Waals surface area contributed by atoms with Crippen LogP contribution in [0.25, 0.3) is 0 Å². The Morgan fingerprint density at radius 1 is 1.07 bits per heavy atom. The molecule has 1 amide bonds. The van der Waals surface area contributed by atoms with E-state index in [0.717, 1.165) is 35.1 Å². The molecule has 7 nitrogen and oxygen atoms in total. The number of ether oxygens (including phenoxy) is 1. The van der Waals surface area contributed by atoms with E-state index in [0.29, 0.717) is 25.6 Å². The SMILES string of the molecule is CN=C(NCC(=O)N1CCN(c2ccc(Cl)cc2)CC1)NCc1ccccc1OC. The standard InChI is InChI=1S/C22H28ClN5O2/c1-24-22(25-15-17-5-3-4-6-20(17)30-2)26-16-21(29)28-13-11-27(12-14-28)19-9-7-18(23)8-10-19/h3-10H,11-16H2,1-2H3,(H2,24,25,26). The van der Waals surface area contributed by atoms with Crippen molar-refractivity contribution in [1.82, 2.24) is 15.5 Å². The van der Waals surface area contributed by atoms with Crippen molar-refractivity contribution in [3.05, 3.63) is 59.1 Å². The molecule has 160 valence electrons. The van der Waals surface area contributed by atoms with Crippen LogP contribution in [0.2, 0.25) is 5.02 Å². The van der Waals surface area contributed by atoms with Gasteiger partial charge in [-0.1, -0.05) is 29.8 Å². The topological polar surface area (TPSA) is 69.2 Å². The van der Waals surface area contributed by atoms with Gasteiger partial charge in [0.2, 0.25) is 5.91 Å². The summed E-state index contributed by atoms with van der Waals surface area (Å²) in [6.45, 7) is 3.74. The first-order valence-corrected chi connectivity index (χ1v) is 10.3. The molecule has 0 unspecified atom stereocenters. The Morgan fingerprint density at radius 3 is 2.43 bits per heavy atom. The number of methoxy groups -OCH3 is 1. The molecule has 0 radical (unpaired) electrons. The maximum Gasteiger partial charge on any atom is 0.242 e. The second-order valence-electron chi connectivity index (χ2n) is 6.94. The molecule has 2 N–H and O–H groups in total. The molecule has 1 heterocycles. The summed E-state index contributed by atoms with van der Waals surface area (Å²) in [4.78, 5) is 21.0. The molecule has 2 aromatic carbocycles. The zero-order chi connectivity index (χ0) is 21.3. The van der Waals surface area contributed by atoms with Crippen LogP contribution in [0.3, 0.4) is 0 Å². The Bertz CT molecular complexity index is 864. The van der Waals surface area contributed by atoms with Crippen molar-refractivity contribution in [3.63, 3.8) is 0 Å². The summed E-state index contributed by atoms with van der Waals surface area (Å²) in [6, 6.07) is 15.6. The van der Waals surface area contributed by atoms with Gasteiger partial charge in [-0.2, -0.15) is 0 Å². The van der Waals surface area contributed by atoms with Crippen molar-refractivity contribution in [3.8, 4) is 5.75 Å². The fraction of sp³-hybridized carbons (Fsp3) is 0.364. The van der Waals surface area contributed by atoms with Crippen molar-refractivity contribution in [1.29, 1.82) is 0 Å². The lowest BCUT2D eigenvalue weighted by molar-refractivity contribution is -0.130. The number of carbonyl (C=O) groups is 1. The van der Waals surface area contributed by atoms with Crippen LogP contribution in [-0.2, 0) is 11.3 Å². The molecule has 1 aliphatic rings. The summed E-state index contributed by atoms with van der Waals surface area (Å²) in [7, 11) is 3.34. The van der Waals surface area contributed by atoms with Gasteiger partial charge in [-0.05, 0) is 30.3 Å². The Kier molecular flexibility index (Phi) is 7.79. The van der Waals surface area contributed by atoms with E-state index in [2.05, 4.69) is 20.5 Å². The minimum absolute atomic E-state index is 0.0611. The fourth-order valence-corrected chi connectivity index (χ4v) is 3.51. The number of guanidine groups is 1. The van der Waals surface area contributed by atoms with Crippen molar-refractivity contribution in [2.75, 3.05) is 51.8 Å². The van der Waals surface area contributed by atoms with Crippen molar-refractivity contribution in [2.45, 2.75) is 6.54 Å². The highest BCUT2D eigenvalue weighted by Gasteiger charge is 2.21. The first kappa shape index (κ1) is 21.8. The van der Waals surface area contributed by atoms with Gasteiger partial charge in [0.25, 0.3) is 0 Å². The van der Waals surface area contributed by atoms with Gasteiger partial charge in [0.15, 0.2) is 5.96 Å². The first-order valence-electron chi connectivity index (χ1n) is 9.95. The molecule has 30 heavy (non-hydrogen) atoms. The third-order valence-electron chi connectivity index (χ3n) is 5.09. The Hall–Kier alpha value is -2.93. The predicted octanol–water partition coefficient (Wildman–Crippen LogP) is 2.36. The molecule has 3 rings (SSSR count). The van der Waals surface area contributed by atoms with Gasteiger partial charge >= 0.3 is 0 Å². The fourth-order valence-electron chi connectivity index (χ4n) is 3.39. The summed E-state index contributed by atoms with van der Waals surface area (Å²) >= 11 is 5.96. The van der Waals surface area contributed by atoms with E-state index in [1.807, 2.05) is 53.4 Å². The molecule has 1 saturated heterocycles. The Labute approximate surface area is 182 Å². The monoisotopic (exact) mass is 429 g/mol. The summed E-state index contributed by atoms with van der Waals surface area (Å²) in [6.07, 6.45) is 0. The van der Waals surface area contributed by atoms with Gasteiger partial charge in [0.1, 0.15) is 5.75 Å². The van der Waals surface area contributed by atoms with Crippen LogP contribution < -0.4 is 20.3 Å². The molecular formula is C22H28ClN5O2. The molecule has 0 bridgehead atoms. The smallest absolute Gasteiger partial charge is 0.242 e. The van der Waals surface area contributed by atoms with E-state index in [1.54, 1.807) is 14.2 Å². The van der Waals surface area contributed by atoms with Crippen molar-refractivity contribution in [2.24, 2.45) is 4.99 Å². The molecule has 0 spiro atoms. The number of nitrogens with one attached hydrogen (secondary N) is 2. The number of hydrogen-bond acceptors (Lipinski definition) is 4. The second-order valence-corrected chi connectivity index (χ2v) is 7.37. The number of hydrogen-bond donors (Lipinski definition) is 2. The molecule has 0 aliphatic carbocycles. The van der Waals surface area contributed by atoms with Crippen LogP contribution in [0.1, 0.15) is 5.56 Å². The van der Waals surface area contributed by atoms with Gasteiger partial charge in [0.05, 0.1) is 13.7 Å². The third-order valence-corrected chi connectivity index (χ3v) is 5.35. The molecular weight excluding hydrogens is 402 g/mol. The molecule has 8 heteroatoms. The zero-order valence-electron chi connectivity index (χ0n) is 17.4. The number of aliphatic imine (C=N–C) groups is 1. The maximum atomic E-state index is 12.6. The number of benzene rings is 2. The number of piperazine rings is 1.